The molecule has 146 valence electrons. The second-order valence-electron chi connectivity index (χ2n) is 7.44. The maximum atomic E-state index is 12.6. The van der Waals surface area contributed by atoms with E-state index >= 15 is 0 Å². The lowest BCUT2D eigenvalue weighted by molar-refractivity contribution is -0.116. The number of benzene rings is 2. The van der Waals surface area contributed by atoms with Crippen molar-refractivity contribution in [3.63, 3.8) is 0 Å². The third-order valence-corrected chi connectivity index (χ3v) is 4.68. The fourth-order valence-electron chi connectivity index (χ4n) is 2.72. The van der Waals surface area contributed by atoms with E-state index in [1.54, 1.807) is 27.0 Å². The molecule has 3 rings (SSSR count). The topological polar surface area (TPSA) is 80.3 Å². The van der Waals surface area contributed by atoms with Gasteiger partial charge < -0.3 is 15.4 Å². The van der Waals surface area contributed by atoms with Gasteiger partial charge in [0.1, 0.15) is 5.60 Å². The number of rotatable bonds is 5. The molecule has 1 heterocycles. The van der Waals surface area contributed by atoms with E-state index < -0.39 is 17.7 Å². The lowest BCUT2D eigenvalue weighted by atomic mass is 10.0. The first kappa shape index (κ1) is 19.8. The molecule has 1 aromatic heterocycles. The summed E-state index contributed by atoms with van der Waals surface area (Å²) in [6, 6.07) is 14.5. The first-order valence-electron chi connectivity index (χ1n) is 8.99. The second kappa shape index (κ2) is 8.39. The van der Waals surface area contributed by atoms with Crippen molar-refractivity contribution in [3.05, 3.63) is 60.3 Å². The van der Waals surface area contributed by atoms with Gasteiger partial charge in [-0.3, -0.25) is 4.79 Å². The van der Waals surface area contributed by atoms with E-state index in [0.29, 0.717) is 5.69 Å². The Balaban J connectivity index is 1.70. The molecule has 0 aliphatic rings. The maximum absolute atomic E-state index is 12.6. The van der Waals surface area contributed by atoms with Crippen LogP contribution in [-0.2, 0) is 9.53 Å². The molecule has 0 bridgehead atoms. The Labute approximate surface area is 168 Å². The number of alkyl carbamates (subject to hydrolysis) is 1. The summed E-state index contributed by atoms with van der Waals surface area (Å²) in [7, 11) is 0. The number of hydrogen-bond donors (Lipinski definition) is 2. The van der Waals surface area contributed by atoms with Gasteiger partial charge in [-0.25, -0.2) is 4.79 Å². The van der Waals surface area contributed by atoms with Crippen molar-refractivity contribution in [2.45, 2.75) is 38.8 Å². The SMILES string of the molecule is CC(C)(C)OC(=O)N[C@@H](CC(=O)Nc1ccc2cnsc2c1)c1ccccc1. The molecule has 2 aromatic carbocycles. The van der Waals surface area contributed by atoms with Crippen LogP contribution in [0.5, 0.6) is 0 Å². The first-order chi connectivity index (χ1) is 13.3. The van der Waals surface area contributed by atoms with Crippen molar-refractivity contribution >= 4 is 39.3 Å². The Morgan fingerprint density at radius 2 is 1.89 bits per heavy atom. The molecule has 1 atom stereocenters. The van der Waals surface area contributed by atoms with E-state index in [0.717, 1.165) is 15.6 Å². The van der Waals surface area contributed by atoms with Gasteiger partial charge in [0.2, 0.25) is 5.91 Å². The molecule has 0 radical (unpaired) electrons. The molecule has 0 fully saturated rings. The molecule has 6 nitrogen and oxygen atoms in total. The Morgan fingerprint density at radius 3 is 2.61 bits per heavy atom. The van der Waals surface area contributed by atoms with Crippen molar-refractivity contribution in [1.82, 2.24) is 9.69 Å². The highest BCUT2D eigenvalue weighted by atomic mass is 32.1. The van der Waals surface area contributed by atoms with Crippen LogP contribution in [0.4, 0.5) is 10.5 Å². The van der Waals surface area contributed by atoms with Crippen LogP contribution in [0, 0.1) is 0 Å². The average molecular weight is 398 g/mol. The molecular formula is C21H23N3O3S. The van der Waals surface area contributed by atoms with Gasteiger partial charge in [-0.05, 0) is 56.1 Å². The summed E-state index contributed by atoms with van der Waals surface area (Å²) < 4.78 is 10.5. The van der Waals surface area contributed by atoms with E-state index in [4.69, 9.17) is 4.74 Å². The minimum atomic E-state index is -0.613. The van der Waals surface area contributed by atoms with Gasteiger partial charge in [-0.2, -0.15) is 4.37 Å². The molecule has 0 unspecified atom stereocenters. The fourth-order valence-corrected chi connectivity index (χ4v) is 3.41. The quantitative estimate of drug-likeness (QED) is 0.642. The molecule has 2 N–H and O–H groups in total. The van der Waals surface area contributed by atoms with Crippen LogP contribution in [0.25, 0.3) is 10.1 Å². The number of aromatic nitrogens is 1. The Bertz CT molecular complexity index is 964. The van der Waals surface area contributed by atoms with Gasteiger partial charge in [-0.15, -0.1) is 0 Å². The smallest absolute Gasteiger partial charge is 0.408 e. The highest BCUT2D eigenvalue weighted by molar-refractivity contribution is 7.13. The molecule has 0 saturated heterocycles. The van der Waals surface area contributed by atoms with Gasteiger partial charge >= 0.3 is 6.09 Å². The van der Waals surface area contributed by atoms with Gasteiger partial charge in [-0.1, -0.05) is 30.3 Å². The summed E-state index contributed by atoms with van der Waals surface area (Å²) in [6.07, 6.45) is 1.33. The summed E-state index contributed by atoms with van der Waals surface area (Å²) in [5.41, 5.74) is 0.921. The molecule has 7 heteroatoms. The van der Waals surface area contributed by atoms with Crippen LogP contribution < -0.4 is 10.6 Å². The van der Waals surface area contributed by atoms with Gasteiger partial charge in [0, 0.05) is 17.3 Å². The minimum absolute atomic E-state index is 0.0873. The molecule has 0 spiro atoms. The van der Waals surface area contributed by atoms with Gasteiger partial charge in [0.05, 0.1) is 17.2 Å². The van der Waals surface area contributed by atoms with Gasteiger partial charge in [0.15, 0.2) is 0 Å². The number of fused-ring (bicyclic) bond motifs is 1. The summed E-state index contributed by atoms with van der Waals surface area (Å²) in [6.45, 7) is 5.39. The fraction of sp³-hybridized carbons (Fsp3) is 0.286. The number of carbonyl (C=O) groups excluding carboxylic acids is 2. The largest absolute Gasteiger partial charge is 0.444 e. The number of nitrogens with one attached hydrogen (secondary N) is 2. The normalized spacial score (nSPS) is 12.4. The molecular weight excluding hydrogens is 374 g/mol. The lowest BCUT2D eigenvalue weighted by Gasteiger charge is -2.23. The predicted molar refractivity (Wildman–Crippen MR) is 111 cm³/mol. The van der Waals surface area contributed by atoms with Crippen molar-refractivity contribution in [3.8, 4) is 0 Å². The molecule has 28 heavy (non-hydrogen) atoms. The number of ether oxygens (including phenoxy) is 1. The third kappa shape index (κ3) is 5.53. The monoisotopic (exact) mass is 397 g/mol. The van der Waals surface area contributed by atoms with Crippen LogP contribution in [-0.4, -0.2) is 22.0 Å². The van der Waals surface area contributed by atoms with Crippen LogP contribution in [0.2, 0.25) is 0 Å². The number of hydrogen-bond acceptors (Lipinski definition) is 5. The molecule has 2 amide bonds. The van der Waals surface area contributed by atoms with E-state index in [1.807, 2.05) is 48.5 Å². The van der Waals surface area contributed by atoms with Crippen molar-refractivity contribution < 1.29 is 14.3 Å². The summed E-state index contributed by atoms with van der Waals surface area (Å²) in [5, 5.41) is 6.73. The van der Waals surface area contributed by atoms with Crippen molar-refractivity contribution in [2.75, 3.05) is 5.32 Å². The number of carbonyl (C=O) groups is 2. The highest BCUT2D eigenvalue weighted by Crippen LogP contribution is 2.23. The van der Waals surface area contributed by atoms with Crippen molar-refractivity contribution in [1.29, 1.82) is 0 Å². The summed E-state index contributed by atoms with van der Waals surface area (Å²) in [5.74, 6) is -0.200. The van der Waals surface area contributed by atoms with E-state index in [-0.39, 0.29) is 12.3 Å². The first-order valence-corrected chi connectivity index (χ1v) is 9.76. The molecule has 3 aromatic rings. The van der Waals surface area contributed by atoms with Crippen LogP contribution in [0.3, 0.4) is 0 Å². The average Bonchev–Trinajstić information content (AvgIpc) is 3.08. The zero-order chi connectivity index (χ0) is 20.1. The zero-order valence-corrected chi connectivity index (χ0v) is 16.9. The predicted octanol–water partition coefficient (Wildman–Crippen LogP) is 4.89. The Kier molecular flexibility index (Phi) is 5.94. The minimum Gasteiger partial charge on any atom is -0.444 e. The zero-order valence-electron chi connectivity index (χ0n) is 16.1. The second-order valence-corrected chi connectivity index (χ2v) is 8.27. The Hall–Kier alpha value is -2.93. The van der Waals surface area contributed by atoms with Crippen LogP contribution in [0.15, 0.2) is 54.7 Å². The van der Waals surface area contributed by atoms with E-state index in [2.05, 4.69) is 15.0 Å². The van der Waals surface area contributed by atoms with Crippen LogP contribution in [0.1, 0.15) is 38.8 Å². The number of amides is 2. The standard InChI is InChI=1S/C21H23N3O3S/c1-21(2,3)27-20(26)24-17(14-7-5-4-6-8-14)12-19(25)23-16-10-9-15-13-22-28-18(15)11-16/h4-11,13,17H,12H2,1-3H3,(H,23,25)(H,24,26)/t17-/m0/s1. The molecule has 0 aliphatic heterocycles. The number of nitrogens with zero attached hydrogens (tertiary/aromatic N) is 1. The number of anilines is 1. The molecule has 0 aliphatic carbocycles. The molecule has 0 saturated carbocycles. The Morgan fingerprint density at radius 1 is 1.14 bits per heavy atom. The van der Waals surface area contributed by atoms with E-state index in [9.17, 15) is 9.59 Å². The summed E-state index contributed by atoms with van der Waals surface area (Å²) >= 11 is 1.38. The van der Waals surface area contributed by atoms with Gasteiger partial charge in [0.25, 0.3) is 0 Å². The highest BCUT2D eigenvalue weighted by Gasteiger charge is 2.22. The third-order valence-electron chi connectivity index (χ3n) is 3.92. The summed E-state index contributed by atoms with van der Waals surface area (Å²) in [4.78, 5) is 24.9. The van der Waals surface area contributed by atoms with E-state index in [1.165, 1.54) is 11.5 Å². The maximum Gasteiger partial charge on any atom is 0.408 e. The van der Waals surface area contributed by atoms with Crippen molar-refractivity contribution in [2.24, 2.45) is 0 Å². The van der Waals surface area contributed by atoms with Crippen LogP contribution >= 0.6 is 11.5 Å². The lowest BCUT2D eigenvalue weighted by Crippen LogP contribution is -2.36.